The van der Waals surface area contributed by atoms with Gasteiger partial charge in [-0.05, 0) is 73.6 Å². The van der Waals surface area contributed by atoms with Crippen LogP contribution < -0.4 is 4.74 Å². The number of methoxy groups -OCH3 is 1. The molecule has 0 aliphatic rings. The van der Waals surface area contributed by atoms with Crippen LogP contribution in [0.4, 0.5) is 0 Å². The van der Waals surface area contributed by atoms with Crippen molar-refractivity contribution in [2.45, 2.75) is 11.4 Å². The SMILES string of the molecule is COc1ccc(Cn2nnc(-c3c(I)ccc(Br)c3S(=O)(=O)Cl)n2)cc1. The van der Waals surface area contributed by atoms with Gasteiger partial charge in [0.1, 0.15) is 10.6 Å². The first-order chi connectivity index (χ1) is 12.3. The van der Waals surface area contributed by atoms with Gasteiger partial charge in [-0.25, -0.2) is 8.42 Å². The van der Waals surface area contributed by atoms with Crippen molar-refractivity contribution in [2.24, 2.45) is 0 Å². The van der Waals surface area contributed by atoms with Crippen molar-refractivity contribution < 1.29 is 13.2 Å². The third-order valence-electron chi connectivity index (χ3n) is 3.46. The molecule has 0 saturated carbocycles. The number of benzene rings is 2. The lowest BCUT2D eigenvalue weighted by Crippen LogP contribution is -2.04. The number of tetrazole rings is 1. The van der Waals surface area contributed by atoms with Crippen molar-refractivity contribution >= 4 is 58.3 Å². The van der Waals surface area contributed by atoms with E-state index in [1.165, 1.54) is 4.80 Å². The van der Waals surface area contributed by atoms with E-state index < -0.39 is 9.05 Å². The fraction of sp³-hybridized carbons (Fsp3) is 0.133. The molecule has 0 atom stereocenters. The first-order valence-corrected chi connectivity index (χ1v) is 11.3. The Hall–Kier alpha value is -1.24. The third kappa shape index (κ3) is 4.18. The van der Waals surface area contributed by atoms with E-state index in [0.717, 1.165) is 11.3 Å². The number of aromatic nitrogens is 4. The van der Waals surface area contributed by atoms with Gasteiger partial charge in [0.25, 0.3) is 9.05 Å². The van der Waals surface area contributed by atoms with E-state index in [1.807, 2.05) is 46.9 Å². The molecule has 1 heterocycles. The second-order valence-corrected chi connectivity index (χ2v) is 9.68. The van der Waals surface area contributed by atoms with E-state index >= 15 is 0 Å². The molecular weight excluding hydrogens is 559 g/mol. The lowest BCUT2D eigenvalue weighted by atomic mass is 10.2. The molecule has 2 aromatic carbocycles. The van der Waals surface area contributed by atoms with Crippen molar-refractivity contribution in [1.29, 1.82) is 0 Å². The minimum Gasteiger partial charge on any atom is -0.497 e. The van der Waals surface area contributed by atoms with Crippen LogP contribution in [-0.2, 0) is 15.6 Å². The second-order valence-electron chi connectivity index (χ2n) is 5.16. The molecule has 3 rings (SSSR count). The molecule has 11 heteroatoms. The fourth-order valence-electron chi connectivity index (χ4n) is 2.28. The molecule has 0 N–H and O–H groups in total. The number of hydrogen-bond acceptors (Lipinski definition) is 6. The van der Waals surface area contributed by atoms with Gasteiger partial charge in [0, 0.05) is 18.7 Å². The molecule has 7 nitrogen and oxygen atoms in total. The largest absolute Gasteiger partial charge is 0.497 e. The van der Waals surface area contributed by atoms with Crippen LogP contribution in [-0.4, -0.2) is 35.7 Å². The van der Waals surface area contributed by atoms with Gasteiger partial charge in [0.15, 0.2) is 0 Å². The van der Waals surface area contributed by atoms with Crippen LogP contribution in [0.3, 0.4) is 0 Å². The lowest BCUT2D eigenvalue weighted by Gasteiger charge is -2.08. The molecule has 0 aliphatic carbocycles. The lowest BCUT2D eigenvalue weighted by molar-refractivity contribution is 0.414. The Labute approximate surface area is 176 Å². The van der Waals surface area contributed by atoms with Crippen LogP contribution >= 0.6 is 49.2 Å². The third-order valence-corrected chi connectivity index (χ3v) is 6.66. The highest BCUT2D eigenvalue weighted by molar-refractivity contribution is 14.1. The van der Waals surface area contributed by atoms with Crippen LogP contribution in [0.15, 0.2) is 45.8 Å². The summed E-state index contributed by atoms with van der Waals surface area (Å²) in [5.41, 5.74) is 1.26. The highest BCUT2D eigenvalue weighted by Crippen LogP contribution is 2.36. The van der Waals surface area contributed by atoms with Gasteiger partial charge < -0.3 is 4.74 Å². The molecule has 0 bridgehead atoms. The number of nitrogens with zero attached hydrogens (tertiary/aromatic N) is 4. The molecule has 0 radical (unpaired) electrons. The summed E-state index contributed by atoms with van der Waals surface area (Å²) in [5.74, 6) is 0.935. The summed E-state index contributed by atoms with van der Waals surface area (Å²) in [5, 5.41) is 12.3. The fourth-order valence-corrected chi connectivity index (χ4v) is 5.63. The Balaban J connectivity index is 1.99. The summed E-state index contributed by atoms with van der Waals surface area (Å²) in [7, 11) is 3.20. The monoisotopic (exact) mass is 568 g/mol. The summed E-state index contributed by atoms with van der Waals surface area (Å²) in [4.78, 5) is 1.31. The molecule has 3 aromatic rings. The summed E-state index contributed by atoms with van der Waals surface area (Å²) in [6.45, 7) is 0.379. The van der Waals surface area contributed by atoms with E-state index in [4.69, 9.17) is 15.4 Å². The van der Waals surface area contributed by atoms with Gasteiger partial charge in [-0.3, -0.25) is 0 Å². The Bertz CT molecular complexity index is 1060. The predicted octanol–water partition coefficient (Wildman–Crippen LogP) is 3.69. The van der Waals surface area contributed by atoms with Crippen molar-refractivity contribution in [2.75, 3.05) is 7.11 Å². The van der Waals surface area contributed by atoms with Gasteiger partial charge >= 0.3 is 0 Å². The quantitative estimate of drug-likeness (QED) is 0.344. The number of rotatable bonds is 5. The molecule has 0 aliphatic heterocycles. The molecular formula is C15H11BrClIN4O3S. The second kappa shape index (κ2) is 7.79. The number of halogens is 3. The smallest absolute Gasteiger partial charge is 0.263 e. The topological polar surface area (TPSA) is 87.0 Å². The normalized spacial score (nSPS) is 11.5. The average Bonchev–Trinajstić information content (AvgIpc) is 3.04. The van der Waals surface area contributed by atoms with Gasteiger partial charge in [-0.1, -0.05) is 12.1 Å². The summed E-state index contributed by atoms with van der Waals surface area (Å²) < 4.78 is 30.1. The van der Waals surface area contributed by atoms with Crippen LogP contribution in [0, 0.1) is 3.57 Å². The van der Waals surface area contributed by atoms with Crippen LogP contribution in [0.25, 0.3) is 11.4 Å². The maximum Gasteiger partial charge on any atom is 0.263 e. The maximum atomic E-state index is 12.0. The van der Waals surface area contributed by atoms with Gasteiger partial charge in [0.2, 0.25) is 5.82 Å². The van der Waals surface area contributed by atoms with Crippen LogP contribution in [0.1, 0.15) is 5.56 Å². The predicted molar refractivity (Wildman–Crippen MR) is 109 cm³/mol. The maximum absolute atomic E-state index is 12.0. The van der Waals surface area contributed by atoms with Crippen molar-refractivity contribution in [3.63, 3.8) is 0 Å². The minimum absolute atomic E-state index is 0.0740. The molecule has 0 saturated heterocycles. The highest BCUT2D eigenvalue weighted by atomic mass is 127. The van der Waals surface area contributed by atoms with E-state index in [9.17, 15) is 8.42 Å². The Morgan fingerprint density at radius 1 is 1.23 bits per heavy atom. The van der Waals surface area contributed by atoms with Gasteiger partial charge in [0.05, 0.1) is 19.2 Å². The molecule has 0 unspecified atom stereocenters. The molecule has 0 fully saturated rings. The molecule has 0 amide bonds. The zero-order valence-electron chi connectivity index (χ0n) is 13.2. The molecule has 136 valence electrons. The van der Waals surface area contributed by atoms with Gasteiger partial charge in [-0.2, -0.15) is 4.80 Å². The van der Waals surface area contributed by atoms with Gasteiger partial charge in [-0.15, -0.1) is 10.2 Å². The van der Waals surface area contributed by atoms with Crippen LogP contribution in [0.5, 0.6) is 5.75 Å². The van der Waals surface area contributed by atoms with Crippen molar-refractivity contribution in [3.8, 4) is 17.1 Å². The Kier molecular flexibility index (Phi) is 5.85. The van der Waals surface area contributed by atoms with Crippen molar-refractivity contribution in [1.82, 2.24) is 20.2 Å². The summed E-state index contributed by atoms with van der Waals surface area (Å²) >= 11 is 5.24. The minimum atomic E-state index is -4.00. The van der Waals surface area contributed by atoms with Crippen LogP contribution in [0.2, 0.25) is 0 Å². The number of hydrogen-bond donors (Lipinski definition) is 0. The highest BCUT2D eigenvalue weighted by Gasteiger charge is 2.25. The first-order valence-electron chi connectivity index (χ1n) is 7.13. The Morgan fingerprint density at radius 2 is 1.92 bits per heavy atom. The van der Waals surface area contributed by atoms with E-state index in [2.05, 4.69) is 31.3 Å². The molecule has 26 heavy (non-hydrogen) atoms. The number of ether oxygens (including phenoxy) is 1. The summed E-state index contributed by atoms with van der Waals surface area (Å²) in [6.07, 6.45) is 0. The van der Waals surface area contributed by atoms with E-state index in [0.29, 0.717) is 20.2 Å². The molecule has 0 spiro atoms. The average molecular weight is 570 g/mol. The Morgan fingerprint density at radius 3 is 2.54 bits per heavy atom. The van der Waals surface area contributed by atoms with Crippen molar-refractivity contribution in [3.05, 3.63) is 50.0 Å². The van der Waals surface area contributed by atoms with E-state index in [1.54, 1.807) is 19.2 Å². The first kappa shape index (κ1) is 19.5. The summed E-state index contributed by atoms with van der Waals surface area (Å²) in [6, 6.07) is 10.8. The molecule has 1 aromatic heterocycles. The standard InChI is InChI=1S/C15H11BrClIN4O3S/c1-25-10-4-2-9(3-5-10)8-22-20-15(19-21-22)13-12(18)7-6-11(16)14(13)26(17,23)24/h2-7H,8H2,1H3. The zero-order chi connectivity index (χ0) is 18.9. The van der Waals surface area contributed by atoms with E-state index in [-0.39, 0.29) is 10.7 Å². The zero-order valence-corrected chi connectivity index (χ0v) is 18.5.